The first kappa shape index (κ1) is 13.4. The van der Waals surface area contributed by atoms with Gasteiger partial charge in [0.25, 0.3) is 0 Å². The monoisotopic (exact) mass is 250 g/mol. The summed E-state index contributed by atoms with van der Waals surface area (Å²) in [4.78, 5) is 4.71. The van der Waals surface area contributed by atoms with E-state index in [1.807, 2.05) is 6.07 Å². The van der Waals surface area contributed by atoms with Crippen molar-refractivity contribution in [3.8, 4) is 5.75 Å². The van der Waals surface area contributed by atoms with Crippen LogP contribution in [0.1, 0.15) is 0 Å². The number of rotatable bonds is 4. The van der Waals surface area contributed by atoms with E-state index in [0.29, 0.717) is 17.8 Å². The molecular weight excluding hydrogens is 230 g/mol. The highest BCUT2D eigenvalue weighted by Gasteiger charge is 2.13. The summed E-state index contributed by atoms with van der Waals surface area (Å²) < 4.78 is 18.9. The molecule has 5 heteroatoms. The summed E-state index contributed by atoms with van der Waals surface area (Å²) in [6.45, 7) is 5.91. The van der Waals surface area contributed by atoms with Crippen LogP contribution >= 0.6 is 0 Å². The lowest BCUT2D eigenvalue weighted by Gasteiger charge is -2.32. The molecule has 0 radical (unpaired) electrons. The SMILES string of the molecule is Bc1ccc(OCCN2CCN(C)CC2)cc1F. The van der Waals surface area contributed by atoms with Crippen LogP contribution in [0.3, 0.4) is 0 Å². The van der Waals surface area contributed by atoms with Gasteiger partial charge in [-0.2, -0.15) is 0 Å². The fraction of sp³-hybridized carbons (Fsp3) is 0.538. The Hall–Kier alpha value is -1.07. The fourth-order valence-corrected chi connectivity index (χ4v) is 2.03. The first-order valence-electron chi connectivity index (χ1n) is 6.45. The molecule has 1 aromatic rings. The normalized spacial score (nSPS) is 17.9. The summed E-state index contributed by atoms with van der Waals surface area (Å²) in [6, 6.07) is 5.03. The van der Waals surface area contributed by atoms with E-state index < -0.39 is 0 Å². The first-order valence-corrected chi connectivity index (χ1v) is 6.45. The Labute approximate surface area is 109 Å². The van der Waals surface area contributed by atoms with Gasteiger partial charge < -0.3 is 9.64 Å². The van der Waals surface area contributed by atoms with Gasteiger partial charge in [0.1, 0.15) is 26.0 Å². The third-order valence-corrected chi connectivity index (χ3v) is 3.42. The number of hydrogen-bond donors (Lipinski definition) is 0. The summed E-state index contributed by atoms with van der Waals surface area (Å²) >= 11 is 0. The standard InChI is InChI=1S/C13H20BFN2O/c1-16-4-6-17(7-5-16)8-9-18-11-2-3-12(14)13(15)10-11/h2-3,10H,4-9,14H2,1H3. The van der Waals surface area contributed by atoms with Crippen LogP contribution in [0.5, 0.6) is 5.75 Å². The lowest BCUT2D eigenvalue weighted by molar-refractivity contribution is 0.133. The molecule has 0 spiro atoms. The molecule has 0 amide bonds. The van der Waals surface area contributed by atoms with Crippen molar-refractivity contribution in [2.24, 2.45) is 0 Å². The van der Waals surface area contributed by atoms with Crippen molar-refractivity contribution in [3.63, 3.8) is 0 Å². The Morgan fingerprint density at radius 1 is 1.28 bits per heavy atom. The molecule has 0 aromatic heterocycles. The maximum atomic E-state index is 13.3. The molecule has 2 rings (SSSR count). The number of nitrogens with zero attached hydrogens (tertiary/aromatic N) is 2. The molecule has 1 aromatic carbocycles. The minimum atomic E-state index is -0.202. The molecule has 1 saturated heterocycles. The van der Waals surface area contributed by atoms with Crippen molar-refractivity contribution < 1.29 is 9.13 Å². The maximum Gasteiger partial charge on any atom is 0.143 e. The van der Waals surface area contributed by atoms with Crippen LogP contribution in [0.2, 0.25) is 0 Å². The van der Waals surface area contributed by atoms with E-state index in [9.17, 15) is 4.39 Å². The summed E-state index contributed by atoms with van der Waals surface area (Å²) in [7, 11) is 3.90. The van der Waals surface area contributed by atoms with Crippen LogP contribution in [0, 0.1) is 5.82 Å². The van der Waals surface area contributed by atoms with Gasteiger partial charge in [-0.25, -0.2) is 4.39 Å². The van der Waals surface area contributed by atoms with Gasteiger partial charge in [0, 0.05) is 38.8 Å². The second-order valence-electron chi connectivity index (χ2n) is 4.90. The number of ether oxygens (including phenoxy) is 1. The molecule has 0 N–H and O–H groups in total. The van der Waals surface area contributed by atoms with E-state index in [1.165, 1.54) is 6.07 Å². The van der Waals surface area contributed by atoms with Crippen molar-refractivity contribution in [2.45, 2.75) is 0 Å². The Morgan fingerprint density at radius 2 is 2.00 bits per heavy atom. The summed E-state index contributed by atoms with van der Waals surface area (Å²) in [5.41, 5.74) is 0.654. The molecule has 0 bridgehead atoms. The van der Waals surface area contributed by atoms with Gasteiger partial charge in [-0.1, -0.05) is 11.5 Å². The minimum absolute atomic E-state index is 0.202. The molecule has 0 atom stereocenters. The lowest BCUT2D eigenvalue weighted by Crippen LogP contribution is -2.45. The van der Waals surface area contributed by atoms with Gasteiger partial charge in [-0.3, -0.25) is 4.90 Å². The summed E-state index contributed by atoms with van der Waals surface area (Å²) in [6.07, 6.45) is 0. The van der Waals surface area contributed by atoms with Crippen LogP contribution in [0.25, 0.3) is 0 Å². The van der Waals surface area contributed by atoms with Gasteiger partial charge in [-0.05, 0) is 13.1 Å². The predicted molar refractivity (Wildman–Crippen MR) is 74.0 cm³/mol. The van der Waals surface area contributed by atoms with Gasteiger partial charge in [0.05, 0.1) is 0 Å². The molecular formula is C13H20BFN2O. The molecule has 0 aliphatic carbocycles. The van der Waals surface area contributed by atoms with E-state index in [1.54, 1.807) is 13.9 Å². The lowest BCUT2D eigenvalue weighted by atomic mass is 9.96. The van der Waals surface area contributed by atoms with E-state index >= 15 is 0 Å². The number of benzene rings is 1. The maximum absolute atomic E-state index is 13.3. The van der Waals surface area contributed by atoms with Crippen molar-refractivity contribution >= 4 is 13.3 Å². The third kappa shape index (κ3) is 3.72. The smallest absolute Gasteiger partial charge is 0.143 e. The highest BCUT2D eigenvalue weighted by atomic mass is 19.1. The quantitative estimate of drug-likeness (QED) is 0.683. The fourth-order valence-electron chi connectivity index (χ4n) is 2.03. The van der Waals surface area contributed by atoms with Crippen LogP contribution in [-0.4, -0.2) is 64.0 Å². The van der Waals surface area contributed by atoms with Crippen molar-refractivity contribution in [1.29, 1.82) is 0 Å². The Morgan fingerprint density at radius 3 is 2.67 bits per heavy atom. The number of likely N-dealkylation sites (N-methyl/N-ethyl adjacent to an activating group) is 1. The molecule has 1 aliphatic heterocycles. The number of halogens is 1. The topological polar surface area (TPSA) is 15.7 Å². The van der Waals surface area contributed by atoms with Crippen LogP contribution in [0.15, 0.2) is 18.2 Å². The van der Waals surface area contributed by atoms with Crippen LogP contribution < -0.4 is 10.2 Å². The van der Waals surface area contributed by atoms with Gasteiger partial charge >= 0.3 is 0 Å². The van der Waals surface area contributed by atoms with Crippen LogP contribution in [-0.2, 0) is 0 Å². The van der Waals surface area contributed by atoms with Gasteiger partial charge in [-0.15, -0.1) is 0 Å². The van der Waals surface area contributed by atoms with Crippen molar-refractivity contribution in [3.05, 3.63) is 24.0 Å². The van der Waals surface area contributed by atoms with E-state index in [4.69, 9.17) is 4.74 Å². The first-order chi connectivity index (χ1) is 8.65. The Kier molecular flexibility index (Phi) is 4.61. The van der Waals surface area contributed by atoms with E-state index in [-0.39, 0.29) is 5.82 Å². The van der Waals surface area contributed by atoms with Gasteiger partial charge in [0.2, 0.25) is 0 Å². The van der Waals surface area contributed by atoms with E-state index in [0.717, 1.165) is 32.7 Å². The zero-order valence-electron chi connectivity index (χ0n) is 11.2. The minimum Gasteiger partial charge on any atom is -0.492 e. The van der Waals surface area contributed by atoms with Crippen molar-refractivity contribution in [1.82, 2.24) is 9.80 Å². The number of piperazine rings is 1. The van der Waals surface area contributed by atoms with Crippen LogP contribution in [0.4, 0.5) is 4.39 Å². The summed E-state index contributed by atoms with van der Waals surface area (Å²) in [5, 5.41) is 0. The largest absolute Gasteiger partial charge is 0.492 e. The second kappa shape index (κ2) is 6.20. The predicted octanol–water partition coefficient (Wildman–Crippen LogP) is -0.290. The highest BCUT2D eigenvalue weighted by Crippen LogP contribution is 2.10. The molecule has 1 aliphatic rings. The molecule has 1 heterocycles. The zero-order chi connectivity index (χ0) is 13.0. The highest BCUT2D eigenvalue weighted by molar-refractivity contribution is 6.32. The number of hydrogen-bond acceptors (Lipinski definition) is 3. The average Bonchev–Trinajstić information content (AvgIpc) is 2.36. The molecule has 0 saturated carbocycles. The Balaban J connectivity index is 1.73. The average molecular weight is 250 g/mol. The van der Waals surface area contributed by atoms with Gasteiger partial charge in [0.15, 0.2) is 0 Å². The third-order valence-electron chi connectivity index (χ3n) is 3.42. The molecule has 0 unspecified atom stereocenters. The second-order valence-corrected chi connectivity index (χ2v) is 4.90. The van der Waals surface area contributed by atoms with Crippen molar-refractivity contribution in [2.75, 3.05) is 46.4 Å². The molecule has 3 nitrogen and oxygen atoms in total. The van der Waals surface area contributed by atoms with E-state index in [2.05, 4.69) is 16.8 Å². The molecule has 1 fully saturated rings. The molecule has 18 heavy (non-hydrogen) atoms. The zero-order valence-corrected chi connectivity index (χ0v) is 11.2. The summed E-state index contributed by atoms with van der Waals surface area (Å²) in [5.74, 6) is 0.416. The Bertz CT molecular complexity index is 395. The molecule has 98 valence electrons.